The molecule has 0 N–H and O–H groups in total. The Morgan fingerprint density at radius 2 is 0.774 bits per heavy atom. The van der Waals surface area contributed by atoms with Crippen molar-refractivity contribution in [3.63, 3.8) is 0 Å². The molecule has 1 heterocycles. The minimum absolute atomic E-state index is 0.768. The highest BCUT2D eigenvalue weighted by atomic mass is 32.1. The van der Waals surface area contributed by atoms with Crippen molar-refractivity contribution in [2.24, 2.45) is 0 Å². The second-order valence-electron chi connectivity index (χ2n) is 13.1. The summed E-state index contributed by atoms with van der Waals surface area (Å²) in [4.78, 5) is 0. The van der Waals surface area contributed by atoms with Crippen LogP contribution < -0.4 is 31.8 Å². The molecule has 0 unspecified atom stereocenters. The molecule has 9 rings (SSSR count). The Morgan fingerprint density at radius 3 is 1.25 bits per heavy atom. The molecule has 0 radical (unpaired) electrons. The number of fused-ring (bicyclic) bond motifs is 3. The maximum Gasteiger partial charge on any atom is 0.172 e. The molecule has 0 atom stereocenters. The van der Waals surface area contributed by atoms with Gasteiger partial charge in [-0.05, 0) is 41.0 Å². The first-order valence-corrected chi connectivity index (χ1v) is 21.9. The van der Waals surface area contributed by atoms with Gasteiger partial charge in [-0.15, -0.1) is 11.3 Å². The third-order valence-electron chi connectivity index (χ3n) is 10.0. The fourth-order valence-corrected chi connectivity index (χ4v) is 14.5. The van der Waals surface area contributed by atoms with Gasteiger partial charge in [0.05, 0.1) is 0 Å². The molecule has 2 nitrogen and oxygen atoms in total. The molecule has 0 bridgehead atoms. The lowest BCUT2D eigenvalue weighted by atomic mass is 9.94. The van der Waals surface area contributed by atoms with Gasteiger partial charge in [0.2, 0.25) is 0 Å². The minimum atomic E-state index is -3.53. The first-order chi connectivity index (χ1) is 26.1. The largest absolute Gasteiger partial charge is 0.309 e. The predicted molar refractivity (Wildman–Crippen MR) is 229 cm³/mol. The fraction of sp³-hybridized carbons (Fsp3) is 0. The maximum atomic E-state index is 16.7. The zero-order chi connectivity index (χ0) is 35.8. The van der Waals surface area contributed by atoms with E-state index in [0.29, 0.717) is 0 Å². The van der Waals surface area contributed by atoms with Crippen molar-refractivity contribution in [2.75, 3.05) is 0 Å². The van der Waals surface area contributed by atoms with Crippen LogP contribution in [0.3, 0.4) is 0 Å². The van der Waals surface area contributed by atoms with E-state index in [1.54, 1.807) is 11.3 Å². The van der Waals surface area contributed by atoms with Crippen molar-refractivity contribution in [2.45, 2.75) is 0 Å². The lowest BCUT2D eigenvalue weighted by molar-refractivity contribution is 0.591. The van der Waals surface area contributed by atoms with Gasteiger partial charge in [-0.2, -0.15) is 0 Å². The van der Waals surface area contributed by atoms with Gasteiger partial charge in [0.1, 0.15) is 0 Å². The standard InChI is InChI=1S/C48H34O2P2S/c49-51(37-23-11-3-12-24-37,38-25-13-4-14-26-38)41-31-32-44-43(33-41)47-45(53-44)34-42(35-19-7-1-8-20-35)48(46(47)36-21-9-2-10-22-36)52(50,39-27-15-5-16-28-39)40-29-17-6-18-30-40/h1-34H. The monoisotopic (exact) mass is 736 g/mol. The number of hydrogen-bond acceptors (Lipinski definition) is 3. The average Bonchev–Trinajstić information content (AvgIpc) is 3.62. The Bertz CT molecular complexity index is 2720. The molecule has 0 aliphatic heterocycles. The van der Waals surface area contributed by atoms with Gasteiger partial charge < -0.3 is 9.13 Å². The molecular formula is C48H34O2P2S. The molecular weight excluding hydrogens is 703 g/mol. The van der Waals surface area contributed by atoms with Crippen LogP contribution in [0, 0.1) is 0 Å². The van der Waals surface area contributed by atoms with E-state index in [2.05, 4.69) is 54.6 Å². The Hall–Kier alpha value is -5.56. The molecule has 0 saturated carbocycles. The van der Waals surface area contributed by atoms with Crippen molar-refractivity contribution < 1.29 is 9.13 Å². The van der Waals surface area contributed by atoms with Crippen LogP contribution in [0.15, 0.2) is 206 Å². The van der Waals surface area contributed by atoms with Gasteiger partial charge in [0.15, 0.2) is 14.3 Å². The van der Waals surface area contributed by atoms with Crippen molar-refractivity contribution in [3.8, 4) is 22.3 Å². The summed E-state index contributed by atoms with van der Waals surface area (Å²) >= 11 is 1.72. The van der Waals surface area contributed by atoms with Gasteiger partial charge in [-0.3, -0.25) is 0 Å². The smallest absolute Gasteiger partial charge is 0.172 e. The minimum Gasteiger partial charge on any atom is -0.309 e. The third kappa shape index (κ3) is 5.65. The van der Waals surface area contributed by atoms with Gasteiger partial charge in [0, 0.05) is 57.6 Å². The molecule has 8 aromatic carbocycles. The number of thiophene rings is 1. The van der Waals surface area contributed by atoms with Crippen LogP contribution in [0.1, 0.15) is 0 Å². The van der Waals surface area contributed by atoms with Crippen LogP contribution in [0.5, 0.6) is 0 Å². The summed E-state index contributed by atoms with van der Waals surface area (Å²) in [5.41, 5.74) is 3.87. The third-order valence-corrected chi connectivity index (χ3v) is 17.3. The summed E-state index contributed by atoms with van der Waals surface area (Å²) in [5.74, 6) is 0. The van der Waals surface area contributed by atoms with Crippen molar-refractivity contribution >= 4 is 77.6 Å². The van der Waals surface area contributed by atoms with Crippen molar-refractivity contribution in [3.05, 3.63) is 206 Å². The van der Waals surface area contributed by atoms with E-state index in [0.717, 1.165) is 74.3 Å². The van der Waals surface area contributed by atoms with Crippen LogP contribution in [0.25, 0.3) is 42.4 Å². The molecule has 9 aromatic rings. The summed E-state index contributed by atoms with van der Waals surface area (Å²) in [5, 5.41) is 6.73. The van der Waals surface area contributed by atoms with E-state index in [1.165, 1.54) is 0 Å². The van der Waals surface area contributed by atoms with Gasteiger partial charge >= 0.3 is 0 Å². The first-order valence-electron chi connectivity index (χ1n) is 17.6. The van der Waals surface area contributed by atoms with Crippen LogP contribution in [0.2, 0.25) is 0 Å². The maximum absolute atomic E-state index is 16.7. The Labute approximate surface area is 313 Å². The Morgan fingerprint density at radius 1 is 0.358 bits per heavy atom. The van der Waals surface area contributed by atoms with Crippen LogP contribution >= 0.6 is 25.6 Å². The predicted octanol–water partition coefficient (Wildman–Crippen LogP) is 10.7. The van der Waals surface area contributed by atoms with Gasteiger partial charge in [-0.1, -0.05) is 182 Å². The Balaban J connectivity index is 1.47. The van der Waals surface area contributed by atoms with Crippen LogP contribution in [-0.2, 0) is 9.13 Å². The van der Waals surface area contributed by atoms with Crippen LogP contribution in [0.4, 0.5) is 0 Å². The second kappa shape index (κ2) is 13.8. The summed E-state index contributed by atoms with van der Waals surface area (Å²) in [6.07, 6.45) is 0. The molecule has 0 aliphatic rings. The quantitative estimate of drug-likeness (QED) is 0.146. The number of hydrogen-bond donors (Lipinski definition) is 0. The molecule has 0 amide bonds. The normalized spacial score (nSPS) is 11.9. The van der Waals surface area contributed by atoms with E-state index in [9.17, 15) is 0 Å². The summed E-state index contributed by atoms with van der Waals surface area (Å²) in [7, 11) is -6.80. The van der Waals surface area contributed by atoms with E-state index in [1.807, 2.05) is 152 Å². The fourth-order valence-electron chi connectivity index (χ4n) is 7.57. The highest BCUT2D eigenvalue weighted by Crippen LogP contribution is 2.53. The van der Waals surface area contributed by atoms with Gasteiger partial charge in [0.25, 0.3) is 0 Å². The second-order valence-corrected chi connectivity index (χ2v) is 19.6. The van der Waals surface area contributed by atoms with Gasteiger partial charge in [-0.25, -0.2) is 0 Å². The topological polar surface area (TPSA) is 34.1 Å². The van der Waals surface area contributed by atoms with Crippen LogP contribution in [-0.4, -0.2) is 0 Å². The summed E-state index contributed by atoms with van der Waals surface area (Å²) in [6, 6.07) is 68.8. The first kappa shape index (κ1) is 33.3. The molecule has 0 fully saturated rings. The molecule has 0 saturated heterocycles. The van der Waals surface area contributed by atoms with Crippen molar-refractivity contribution in [1.82, 2.24) is 0 Å². The molecule has 0 aliphatic carbocycles. The molecule has 5 heteroatoms. The average molecular weight is 737 g/mol. The molecule has 1 aromatic heterocycles. The number of rotatable bonds is 8. The zero-order valence-electron chi connectivity index (χ0n) is 28.7. The molecule has 0 spiro atoms. The number of benzene rings is 8. The highest BCUT2D eigenvalue weighted by molar-refractivity contribution is 7.86. The summed E-state index contributed by atoms with van der Waals surface area (Å²) in [6.45, 7) is 0. The molecule has 53 heavy (non-hydrogen) atoms. The van der Waals surface area contributed by atoms with Crippen molar-refractivity contribution in [1.29, 1.82) is 0 Å². The lowest BCUT2D eigenvalue weighted by Crippen LogP contribution is -2.28. The zero-order valence-corrected chi connectivity index (χ0v) is 31.4. The Kier molecular flexibility index (Phi) is 8.65. The van der Waals surface area contributed by atoms with E-state index in [4.69, 9.17) is 0 Å². The van der Waals surface area contributed by atoms with E-state index in [-0.39, 0.29) is 0 Å². The van der Waals surface area contributed by atoms with E-state index < -0.39 is 14.3 Å². The lowest BCUT2D eigenvalue weighted by Gasteiger charge is -2.27. The summed E-state index contributed by atoms with van der Waals surface area (Å²) < 4.78 is 34.5. The van der Waals surface area contributed by atoms with E-state index >= 15 is 9.13 Å². The SMILES string of the molecule is O=P(c1ccccc1)(c1ccccc1)c1ccc2sc3cc(-c4ccccc4)c(P(=O)(c4ccccc4)c4ccccc4)c(-c4ccccc4)c3c2c1. The molecule has 254 valence electrons. The highest BCUT2D eigenvalue weighted by Gasteiger charge is 2.37.